The quantitative estimate of drug-likeness (QED) is 0.709. The van der Waals surface area contributed by atoms with Gasteiger partial charge < -0.3 is 10.2 Å². The van der Waals surface area contributed by atoms with Gasteiger partial charge in [0.1, 0.15) is 11.3 Å². The SMILES string of the molecule is NCc1cc(=O)c2ccccc2o1. The lowest BCUT2D eigenvalue weighted by Gasteiger charge is -1.98. The molecule has 0 unspecified atom stereocenters. The van der Waals surface area contributed by atoms with Crippen LogP contribution in [0.5, 0.6) is 0 Å². The second kappa shape index (κ2) is 3.03. The van der Waals surface area contributed by atoms with Crippen LogP contribution in [0.1, 0.15) is 5.76 Å². The maximum absolute atomic E-state index is 11.4. The zero-order chi connectivity index (χ0) is 9.26. The van der Waals surface area contributed by atoms with Crippen LogP contribution in [0.3, 0.4) is 0 Å². The van der Waals surface area contributed by atoms with Gasteiger partial charge in [-0.2, -0.15) is 0 Å². The van der Waals surface area contributed by atoms with Gasteiger partial charge in [-0.15, -0.1) is 0 Å². The third-order valence-electron chi connectivity index (χ3n) is 1.89. The lowest BCUT2D eigenvalue weighted by molar-refractivity contribution is 0.539. The fraction of sp³-hybridized carbons (Fsp3) is 0.100. The van der Waals surface area contributed by atoms with E-state index in [0.29, 0.717) is 16.7 Å². The van der Waals surface area contributed by atoms with Crippen LogP contribution >= 0.6 is 0 Å². The van der Waals surface area contributed by atoms with Gasteiger partial charge in [0.2, 0.25) is 0 Å². The van der Waals surface area contributed by atoms with Gasteiger partial charge in [0.15, 0.2) is 5.43 Å². The smallest absolute Gasteiger partial charge is 0.192 e. The Bertz CT molecular complexity index is 487. The summed E-state index contributed by atoms with van der Waals surface area (Å²) in [5, 5.41) is 0.597. The van der Waals surface area contributed by atoms with Crippen LogP contribution in [-0.2, 0) is 6.54 Å². The summed E-state index contributed by atoms with van der Waals surface area (Å²) in [6, 6.07) is 8.56. The summed E-state index contributed by atoms with van der Waals surface area (Å²) in [5.41, 5.74) is 5.93. The molecule has 3 nitrogen and oxygen atoms in total. The van der Waals surface area contributed by atoms with Gasteiger partial charge in [0, 0.05) is 6.07 Å². The van der Waals surface area contributed by atoms with E-state index in [0.717, 1.165) is 0 Å². The molecular weight excluding hydrogens is 166 g/mol. The van der Waals surface area contributed by atoms with E-state index in [1.54, 1.807) is 18.2 Å². The van der Waals surface area contributed by atoms with E-state index < -0.39 is 0 Å². The Morgan fingerprint density at radius 1 is 1.31 bits per heavy atom. The van der Waals surface area contributed by atoms with Crippen molar-refractivity contribution >= 4 is 11.0 Å². The average Bonchev–Trinajstić information content (AvgIpc) is 2.18. The minimum Gasteiger partial charge on any atom is -0.459 e. The van der Waals surface area contributed by atoms with Crippen molar-refractivity contribution in [3.63, 3.8) is 0 Å². The molecule has 0 aliphatic heterocycles. The molecule has 0 amide bonds. The van der Waals surface area contributed by atoms with E-state index in [1.165, 1.54) is 6.07 Å². The van der Waals surface area contributed by atoms with E-state index in [9.17, 15) is 4.79 Å². The van der Waals surface area contributed by atoms with Gasteiger partial charge in [-0.05, 0) is 12.1 Å². The number of nitrogens with two attached hydrogens (primary N) is 1. The van der Waals surface area contributed by atoms with Crippen molar-refractivity contribution in [3.05, 3.63) is 46.3 Å². The Labute approximate surface area is 74.8 Å². The second-order valence-electron chi connectivity index (χ2n) is 2.78. The number of hydrogen-bond donors (Lipinski definition) is 1. The fourth-order valence-corrected chi connectivity index (χ4v) is 1.25. The number of benzene rings is 1. The summed E-state index contributed by atoms with van der Waals surface area (Å²) in [7, 11) is 0. The average molecular weight is 175 g/mol. The van der Waals surface area contributed by atoms with Crippen LogP contribution in [-0.4, -0.2) is 0 Å². The normalized spacial score (nSPS) is 10.5. The molecule has 13 heavy (non-hydrogen) atoms. The number of hydrogen-bond acceptors (Lipinski definition) is 3. The van der Waals surface area contributed by atoms with Gasteiger partial charge in [-0.1, -0.05) is 12.1 Å². The molecule has 0 aliphatic carbocycles. The maximum atomic E-state index is 11.4. The minimum atomic E-state index is -0.0395. The Hall–Kier alpha value is -1.61. The first-order valence-corrected chi connectivity index (χ1v) is 4.03. The zero-order valence-corrected chi connectivity index (χ0v) is 6.99. The Balaban J connectivity index is 2.85. The van der Waals surface area contributed by atoms with Crippen LogP contribution in [0.15, 0.2) is 39.5 Å². The molecule has 1 heterocycles. The van der Waals surface area contributed by atoms with Crippen molar-refractivity contribution in [2.24, 2.45) is 5.73 Å². The summed E-state index contributed by atoms with van der Waals surface area (Å²) < 4.78 is 5.37. The molecule has 3 heteroatoms. The Kier molecular flexibility index (Phi) is 1.87. The van der Waals surface area contributed by atoms with Crippen molar-refractivity contribution in [1.29, 1.82) is 0 Å². The molecule has 2 rings (SSSR count). The lowest BCUT2D eigenvalue weighted by atomic mass is 10.2. The fourth-order valence-electron chi connectivity index (χ4n) is 1.25. The van der Waals surface area contributed by atoms with Crippen LogP contribution in [0.4, 0.5) is 0 Å². The molecular formula is C10H9NO2. The van der Waals surface area contributed by atoms with Crippen molar-refractivity contribution in [3.8, 4) is 0 Å². The molecule has 0 saturated carbocycles. The van der Waals surface area contributed by atoms with Gasteiger partial charge in [0.05, 0.1) is 11.9 Å². The highest BCUT2D eigenvalue weighted by molar-refractivity contribution is 5.75. The molecule has 0 radical (unpaired) electrons. The molecule has 66 valence electrons. The highest BCUT2D eigenvalue weighted by Gasteiger charge is 2.01. The van der Waals surface area contributed by atoms with Crippen molar-refractivity contribution in [2.75, 3.05) is 0 Å². The zero-order valence-electron chi connectivity index (χ0n) is 6.99. The van der Waals surface area contributed by atoms with Gasteiger partial charge >= 0.3 is 0 Å². The third-order valence-corrected chi connectivity index (χ3v) is 1.89. The topological polar surface area (TPSA) is 56.2 Å². The molecule has 2 N–H and O–H groups in total. The van der Waals surface area contributed by atoms with Crippen LogP contribution in [0, 0.1) is 0 Å². The first-order chi connectivity index (χ1) is 6.31. The third kappa shape index (κ3) is 1.34. The van der Waals surface area contributed by atoms with Crippen LogP contribution < -0.4 is 11.2 Å². The molecule has 0 bridgehead atoms. The van der Waals surface area contributed by atoms with Crippen molar-refractivity contribution < 1.29 is 4.42 Å². The Morgan fingerprint density at radius 2 is 2.08 bits per heavy atom. The predicted octanol–water partition coefficient (Wildman–Crippen LogP) is 1.25. The van der Waals surface area contributed by atoms with Crippen molar-refractivity contribution in [2.45, 2.75) is 6.54 Å². The second-order valence-corrected chi connectivity index (χ2v) is 2.78. The molecule has 0 aliphatic rings. The highest BCUT2D eigenvalue weighted by Crippen LogP contribution is 2.10. The van der Waals surface area contributed by atoms with Crippen LogP contribution in [0.2, 0.25) is 0 Å². The van der Waals surface area contributed by atoms with Crippen LogP contribution in [0.25, 0.3) is 11.0 Å². The Morgan fingerprint density at radius 3 is 2.85 bits per heavy atom. The molecule has 0 fully saturated rings. The van der Waals surface area contributed by atoms with E-state index in [2.05, 4.69) is 0 Å². The van der Waals surface area contributed by atoms with E-state index in [4.69, 9.17) is 10.2 Å². The summed E-state index contributed by atoms with van der Waals surface area (Å²) in [6.45, 7) is 0.250. The number of rotatable bonds is 1. The van der Waals surface area contributed by atoms with Crippen molar-refractivity contribution in [1.82, 2.24) is 0 Å². The maximum Gasteiger partial charge on any atom is 0.192 e. The highest BCUT2D eigenvalue weighted by atomic mass is 16.3. The molecule has 0 saturated heterocycles. The number of para-hydroxylation sites is 1. The summed E-state index contributed by atoms with van der Waals surface area (Å²) in [5.74, 6) is 0.517. The van der Waals surface area contributed by atoms with E-state index in [-0.39, 0.29) is 12.0 Å². The first kappa shape index (κ1) is 8.01. The van der Waals surface area contributed by atoms with E-state index in [1.807, 2.05) is 6.07 Å². The van der Waals surface area contributed by atoms with Gasteiger partial charge in [-0.3, -0.25) is 4.79 Å². The summed E-state index contributed by atoms with van der Waals surface area (Å²) >= 11 is 0. The largest absolute Gasteiger partial charge is 0.459 e. The standard InChI is InChI=1S/C10H9NO2/c11-6-7-5-9(12)8-3-1-2-4-10(8)13-7/h1-5H,6,11H2. The van der Waals surface area contributed by atoms with Gasteiger partial charge in [-0.25, -0.2) is 0 Å². The monoisotopic (exact) mass is 175 g/mol. The first-order valence-electron chi connectivity index (χ1n) is 4.03. The predicted molar refractivity (Wildman–Crippen MR) is 50.4 cm³/mol. The van der Waals surface area contributed by atoms with E-state index >= 15 is 0 Å². The molecule has 0 atom stereocenters. The molecule has 1 aromatic heterocycles. The van der Waals surface area contributed by atoms with Gasteiger partial charge in [0.25, 0.3) is 0 Å². The lowest BCUT2D eigenvalue weighted by Crippen LogP contribution is -2.05. The molecule has 1 aromatic carbocycles. The summed E-state index contributed by atoms with van der Waals surface area (Å²) in [4.78, 5) is 11.4. The minimum absolute atomic E-state index is 0.0395. The summed E-state index contributed by atoms with van der Waals surface area (Å²) in [6.07, 6.45) is 0. The molecule has 2 aromatic rings. The molecule has 0 spiro atoms. The number of fused-ring (bicyclic) bond motifs is 1.